The molecule has 0 amide bonds. The van der Waals surface area contributed by atoms with Crippen molar-refractivity contribution in [3.8, 4) is 11.5 Å². The highest BCUT2D eigenvalue weighted by Crippen LogP contribution is 2.60. The van der Waals surface area contributed by atoms with E-state index in [4.69, 9.17) is 9.47 Å². The van der Waals surface area contributed by atoms with Crippen LogP contribution in [0.4, 0.5) is 4.39 Å². The monoisotopic (exact) mass is 1700 g/mol. The molecular formula is C110H170FN3O3S3. The van der Waals surface area contributed by atoms with Crippen molar-refractivity contribution in [3.05, 3.63) is 185 Å². The molecule has 0 aliphatic rings. The van der Waals surface area contributed by atoms with Crippen LogP contribution >= 0.6 is 34.0 Å². The third kappa shape index (κ3) is 17.1. The lowest BCUT2D eigenvalue weighted by Crippen LogP contribution is -2.65. The Morgan fingerprint density at radius 2 is 0.483 bits per heavy atom. The first-order valence-electron chi connectivity index (χ1n) is 44.5. The minimum absolute atomic E-state index is 0.00338. The first-order chi connectivity index (χ1) is 53.8. The molecule has 0 aliphatic heterocycles. The van der Waals surface area contributed by atoms with Crippen molar-refractivity contribution in [1.82, 2.24) is 15.1 Å². The summed E-state index contributed by atoms with van der Waals surface area (Å²) < 4.78 is 30.0. The van der Waals surface area contributed by atoms with E-state index in [1.54, 1.807) is 11.3 Å². The molecule has 0 fully saturated rings. The van der Waals surface area contributed by atoms with Gasteiger partial charge in [0.05, 0.1) is 9.75 Å². The summed E-state index contributed by atoms with van der Waals surface area (Å²) in [6, 6.07) is 0. The number of rotatable bonds is 16. The molecule has 0 unspecified atom stereocenters. The number of aliphatic hydroxyl groups is 1. The quantitative estimate of drug-likeness (QED) is 0.101. The highest BCUT2D eigenvalue weighted by atomic mass is 32.1. The Kier molecular flexibility index (Phi) is 29.6. The summed E-state index contributed by atoms with van der Waals surface area (Å²) in [5, 5.41) is 22.8. The molecule has 6 nitrogen and oxygen atoms in total. The molecule has 10 heteroatoms. The minimum Gasteiger partial charge on any atom is -0.480 e. The lowest BCUT2D eigenvalue weighted by atomic mass is 9.61. The number of hydrogen-bond acceptors (Lipinski definition) is 9. The lowest BCUT2D eigenvalue weighted by molar-refractivity contribution is -0.146. The highest BCUT2D eigenvalue weighted by Gasteiger charge is 2.60. The van der Waals surface area contributed by atoms with Crippen LogP contribution in [-0.2, 0) is 16.8 Å². The number of halogens is 1. The van der Waals surface area contributed by atoms with Crippen LogP contribution in [0.2, 0.25) is 0 Å². The number of nitrogens with one attached hydrogen (secondary N) is 1. The maximum absolute atomic E-state index is 14.6. The molecule has 0 radical (unpaired) electrons. The molecule has 3 atom stereocenters. The van der Waals surface area contributed by atoms with Crippen molar-refractivity contribution in [2.24, 2.45) is 16.2 Å². The molecule has 9 aromatic rings. The number of nitrogens with zero attached hydrogens (tertiary/aromatic N) is 2. The predicted octanol–water partition coefficient (Wildman–Crippen LogP) is 31.8. The second-order valence-electron chi connectivity index (χ2n) is 43.9. The molecule has 0 bridgehead atoms. The fraction of sp³-hybridized carbons (Fsp3) is 0.618. The van der Waals surface area contributed by atoms with E-state index >= 15 is 0 Å². The smallest absolute Gasteiger partial charge is 0.147 e. The molecule has 120 heavy (non-hydrogen) atoms. The Morgan fingerprint density at radius 1 is 0.258 bits per heavy atom. The van der Waals surface area contributed by atoms with Gasteiger partial charge in [0, 0.05) is 85.1 Å². The van der Waals surface area contributed by atoms with E-state index in [0.29, 0.717) is 0 Å². The van der Waals surface area contributed by atoms with Crippen LogP contribution in [-0.4, -0.2) is 62.2 Å². The highest BCUT2D eigenvalue weighted by molar-refractivity contribution is 7.13. The first-order valence-corrected chi connectivity index (χ1v) is 46.9. The molecule has 0 aliphatic carbocycles. The molecule has 3 heterocycles. The number of fused-ring (bicyclic) bond motifs is 3. The van der Waals surface area contributed by atoms with E-state index in [9.17, 15) is 9.50 Å². The van der Waals surface area contributed by atoms with Gasteiger partial charge in [-0.1, -0.05) is 41.5 Å². The maximum Gasteiger partial charge on any atom is 0.147 e. The standard InChI is InChI=1S/C37H57NOS.C36H55NOS.C20H37NOS.C17H21F/c1-20-21(2)26(7)31-30(24(20)5)25(6)22(3)27(8)32(31)39-37(18,33-28(9)23(4)29(10)40-33)35(14,15)36(16,17)38(19)34(11,12)13;1-19-20(2)25(7)30-29(23(19)5)24(6)21(3)26(8)31(30)38-36(18,32-27(9)22(4)28(10)39-32)34(14,15)35(16,17)37-33(11,12)13;1-13-14(2)16(23-15(13)3)20(11,22)18(7,8)19(9,10)21(12)17(4,5)6;1-8-9(2)13(6)16-15(11(8)4)12(5)10(3)14(7)17(16)18/h1-19H3;37H,1-18H3;22H,1-12H3;1-7H3/t37-;36-;20-;/m111./s1. The van der Waals surface area contributed by atoms with Crippen molar-refractivity contribution in [1.29, 1.82) is 0 Å². The van der Waals surface area contributed by atoms with E-state index in [1.165, 1.54) is 179 Å². The van der Waals surface area contributed by atoms with Gasteiger partial charge in [0.25, 0.3) is 0 Å². The van der Waals surface area contributed by atoms with Crippen LogP contribution in [0.15, 0.2) is 0 Å². The van der Waals surface area contributed by atoms with Crippen molar-refractivity contribution in [2.75, 3.05) is 14.1 Å². The largest absolute Gasteiger partial charge is 0.480 e. The average Bonchev–Trinajstić information content (AvgIpc) is 1.20. The Morgan fingerprint density at radius 3 is 0.742 bits per heavy atom. The number of hydrogen-bond donors (Lipinski definition) is 2. The topological polar surface area (TPSA) is 57.2 Å². The van der Waals surface area contributed by atoms with Crippen LogP contribution in [0.3, 0.4) is 0 Å². The first kappa shape index (κ1) is 103. The van der Waals surface area contributed by atoms with E-state index in [1.807, 2.05) is 50.4 Å². The van der Waals surface area contributed by atoms with E-state index < -0.39 is 16.8 Å². The summed E-state index contributed by atoms with van der Waals surface area (Å²) in [6.45, 7) is 121. The molecule has 9 rings (SSSR count). The normalized spacial score (nSPS) is 14.6. The molecular weight excluding hydrogens is 1530 g/mol. The van der Waals surface area contributed by atoms with E-state index in [2.05, 4.69) is 375 Å². The van der Waals surface area contributed by atoms with Gasteiger partial charge in [-0.15, -0.1) is 34.0 Å². The summed E-state index contributed by atoms with van der Waals surface area (Å²) in [7, 11) is 4.44. The summed E-state index contributed by atoms with van der Waals surface area (Å²) in [5.74, 6) is 2.05. The molecule has 668 valence electrons. The molecule has 0 saturated heterocycles. The van der Waals surface area contributed by atoms with Crippen LogP contribution in [0.1, 0.15) is 346 Å². The number of benzene rings is 6. The van der Waals surface area contributed by atoms with Gasteiger partial charge in [0.1, 0.15) is 34.1 Å². The maximum atomic E-state index is 14.6. The molecule has 2 N–H and O–H groups in total. The number of aryl methyl sites for hydroxylation is 12. The zero-order chi connectivity index (χ0) is 93.6. The molecule has 0 saturated carbocycles. The average molecular weight is 1700 g/mol. The minimum atomic E-state index is -0.899. The summed E-state index contributed by atoms with van der Waals surface area (Å²) in [5.41, 5.74) is 31.1. The van der Waals surface area contributed by atoms with Gasteiger partial charge < -0.3 is 19.9 Å². The second-order valence-corrected chi connectivity index (χ2v) is 47.5. The van der Waals surface area contributed by atoms with Gasteiger partial charge in [0.2, 0.25) is 0 Å². The van der Waals surface area contributed by atoms with Crippen LogP contribution < -0.4 is 14.8 Å². The van der Waals surface area contributed by atoms with Gasteiger partial charge in [-0.25, -0.2) is 4.39 Å². The molecule has 3 aromatic heterocycles. The van der Waals surface area contributed by atoms with Gasteiger partial charge >= 0.3 is 0 Å². The van der Waals surface area contributed by atoms with E-state index in [0.717, 1.165) is 43.8 Å². The molecule has 0 spiro atoms. The van der Waals surface area contributed by atoms with Crippen LogP contribution in [0.5, 0.6) is 11.5 Å². The Bertz CT molecular complexity index is 5320. The third-order valence-electron chi connectivity index (χ3n) is 33.8. The van der Waals surface area contributed by atoms with Crippen molar-refractivity contribution >= 4 is 66.3 Å². The Hall–Kier alpha value is -5.43. The SMILES string of the molecule is Cc1c(C)c(C)c2c(F)c(C)c(C)c(C)c2c1C.Cc1sc([C@@](C)(O)C(C)(C)C(C)(C)N(C)C(C)(C)C)c(C)c1C.Cc1sc([C@@](C)(Oc2c(C)c(C)c(C)c3c(C)c(C)c(C)c(C)c23)C(C)(C)C(C)(C)N(C)C(C)(C)C)c(C)c1C.Cc1sc([C@@](C)(Oc2c(C)c(C)c(C)c3c(C)c(C)c(C)c(C)c23)C(C)(C)C(C)(C)NC(C)(C)C)c(C)c1C. The van der Waals surface area contributed by atoms with E-state index in [-0.39, 0.29) is 55.3 Å². The van der Waals surface area contributed by atoms with Crippen LogP contribution in [0, 0.1) is 230 Å². The zero-order valence-corrected chi connectivity index (χ0v) is 89.7. The number of thiophene rings is 3. The Balaban J connectivity index is 0.000000260. The van der Waals surface area contributed by atoms with Gasteiger partial charge in [0.15, 0.2) is 0 Å². The van der Waals surface area contributed by atoms with Crippen LogP contribution in [0.25, 0.3) is 32.3 Å². The van der Waals surface area contributed by atoms with Gasteiger partial charge in [-0.2, -0.15) is 0 Å². The fourth-order valence-electron chi connectivity index (χ4n) is 19.5. The summed E-state index contributed by atoms with van der Waals surface area (Å²) in [6.07, 6.45) is 0. The van der Waals surface area contributed by atoms with Crippen molar-refractivity contribution < 1.29 is 19.0 Å². The van der Waals surface area contributed by atoms with Crippen molar-refractivity contribution in [2.45, 2.75) is 424 Å². The van der Waals surface area contributed by atoms with Gasteiger partial charge in [-0.05, 0) is 513 Å². The lowest BCUT2D eigenvalue weighted by Gasteiger charge is -2.59. The molecule has 6 aromatic carbocycles. The summed E-state index contributed by atoms with van der Waals surface area (Å²) in [4.78, 5) is 12.7. The second kappa shape index (κ2) is 34.4. The van der Waals surface area contributed by atoms with Gasteiger partial charge in [-0.3, -0.25) is 9.80 Å². The Labute approximate surface area is 746 Å². The predicted molar refractivity (Wildman–Crippen MR) is 534 cm³/mol. The number of ether oxygens (including phenoxy) is 2. The summed E-state index contributed by atoms with van der Waals surface area (Å²) >= 11 is 5.57. The third-order valence-corrected chi connectivity index (χ3v) is 38.4. The fourth-order valence-corrected chi connectivity index (χ4v) is 23.7. The zero-order valence-electron chi connectivity index (χ0n) is 87.3. The van der Waals surface area contributed by atoms with Crippen molar-refractivity contribution in [3.63, 3.8) is 0 Å².